The fourth-order valence-corrected chi connectivity index (χ4v) is 16.1. The van der Waals surface area contributed by atoms with Crippen molar-refractivity contribution in [1.29, 1.82) is 0 Å². The van der Waals surface area contributed by atoms with Gasteiger partial charge >= 0.3 is 0 Å². The molecule has 0 bridgehead atoms. The molecule has 22 nitrogen and oxygen atoms in total. The summed E-state index contributed by atoms with van der Waals surface area (Å²) in [4.78, 5) is 0. The standard InChI is InChI=1S/C53H90O22/c1-23(2)10-9-14-53(8,75-47-43(67)39(63)37(61)29(72-47)22-68-45-41(65)36(60)28(21-56)69-45)24-11-16-52(7)33(24)25(57)18-31-50(5)15-13-32(49(3,4)30(50)12-17-51(31,52)6)73-48-44(40(64)35(59)27(20-55)71-48)74-46-42(66)38(62)34(58)26(19-54)70-46/h10,24-48,54-67H,9,11-22H2,1-8H3/t24?,25?,26?,27?,28?,29?,30?,31?,32?,33?,34?,35?,36?,37?,38?,39?,40?,41?,42?,43?,44?,45?,46?,47?,48?,50-,51+,52+,53-/m0/s1. The molecule has 4 aliphatic heterocycles. The number of aliphatic hydroxyl groups is 14. The van der Waals surface area contributed by atoms with E-state index < -0.39 is 172 Å². The molecule has 29 atom stereocenters. The van der Waals surface area contributed by atoms with Crippen LogP contribution in [0.5, 0.6) is 0 Å². The molecule has 4 aliphatic carbocycles. The van der Waals surface area contributed by atoms with Gasteiger partial charge in [0.1, 0.15) is 91.6 Å². The van der Waals surface area contributed by atoms with Crippen LogP contribution in [0.25, 0.3) is 0 Å². The van der Waals surface area contributed by atoms with Crippen molar-refractivity contribution in [2.24, 2.45) is 45.3 Å². The van der Waals surface area contributed by atoms with E-state index >= 15 is 0 Å². The highest BCUT2D eigenvalue weighted by molar-refractivity contribution is 5.20. The predicted octanol–water partition coefficient (Wildman–Crippen LogP) is -1.56. The maximum Gasteiger partial charge on any atom is 0.187 e. The molecule has 14 N–H and O–H groups in total. The highest BCUT2D eigenvalue weighted by Crippen LogP contribution is 2.76. The Balaban J connectivity index is 1.01. The summed E-state index contributed by atoms with van der Waals surface area (Å²) >= 11 is 0. The average Bonchev–Trinajstić information content (AvgIpc) is 3.89. The molecule has 4 saturated carbocycles. The quantitative estimate of drug-likeness (QED) is 0.0614. The first kappa shape index (κ1) is 60.0. The third kappa shape index (κ3) is 10.5. The molecule has 0 radical (unpaired) electrons. The molecule has 25 unspecified atom stereocenters. The molecule has 434 valence electrons. The number of aliphatic hydroxyl groups excluding tert-OH is 14. The molecule has 4 heterocycles. The zero-order valence-electron chi connectivity index (χ0n) is 44.7. The molecular weight excluding hydrogens is 989 g/mol. The van der Waals surface area contributed by atoms with Crippen LogP contribution >= 0.6 is 0 Å². The number of rotatable bonds is 16. The smallest absolute Gasteiger partial charge is 0.187 e. The van der Waals surface area contributed by atoms with Crippen LogP contribution in [-0.4, -0.2) is 232 Å². The lowest BCUT2D eigenvalue weighted by Gasteiger charge is -2.71. The van der Waals surface area contributed by atoms with E-state index in [0.29, 0.717) is 38.5 Å². The first-order valence-corrected chi connectivity index (χ1v) is 27.3. The van der Waals surface area contributed by atoms with E-state index in [2.05, 4.69) is 40.7 Å². The Morgan fingerprint density at radius 1 is 0.560 bits per heavy atom. The largest absolute Gasteiger partial charge is 0.394 e. The van der Waals surface area contributed by atoms with Gasteiger partial charge in [0, 0.05) is 0 Å². The van der Waals surface area contributed by atoms with Gasteiger partial charge in [-0.1, -0.05) is 46.3 Å². The number of fused-ring (bicyclic) bond motifs is 5. The highest BCUT2D eigenvalue weighted by Gasteiger charge is 2.72. The molecule has 8 rings (SSSR count). The second-order valence-corrected chi connectivity index (χ2v) is 25.3. The van der Waals surface area contributed by atoms with Crippen LogP contribution in [0.3, 0.4) is 0 Å². The Kier molecular flexibility index (Phi) is 18.1. The Bertz CT molecular complexity index is 1940. The van der Waals surface area contributed by atoms with Crippen molar-refractivity contribution in [2.75, 3.05) is 26.4 Å². The minimum atomic E-state index is -1.81. The average molecular weight is 1080 g/mol. The lowest BCUT2D eigenvalue weighted by atomic mass is 9.35. The van der Waals surface area contributed by atoms with Gasteiger partial charge < -0.3 is 109 Å². The summed E-state index contributed by atoms with van der Waals surface area (Å²) < 4.78 is 48.9. The molecule has 22 heteroatoms. The Morgan fingerprint density at radius 2 is 1.08 bits per heavy atom. The van der Waals surface area contributed by atoms with E-state index in [-0.39, 0.29) is 34.5 Å². The van der Waals surface area contributed by atoms with Crippen molar-refractivity contribution in [2.45, 2.75) is 248 Å². The van der Waals surface area contributed by atoms with Gasteiger partial charge in [0.05, 0.1) is 44.2 Å². The molecule has 0 aromatic rings. The SMILES string of the molecule is CC(C)=CCC[C@](C)(OC1OC(COC2OC(CO)C(O)C2O)C(O)C(O)C1O)C1CC[C@]2(C)C1C(O)CC1[C@@]3(C)CCC(OC4OC(CO)C(O)C(O)C4OC4OC(CO)C(O)C(O)C4O)C(C)(C)C3CC[C@]12C. The first-order chi connectivity index (χ1) is 35.1. The van der Waals surface area contributed by atoms with Gasteiger partial charge in [-0.25, -0.2) is 0 Å². The van der Waals surface area contributed by atoms with Crippen molar-refractivity contribution in [1.82, 2.24) is 0 Å². The van der Waals surface area contributed by atoms with Crippen LogP contribution in [-0.2, 0) is 37.9 Å². The summed E-state index contributed by atoms with van der Waals surface area (Å²) in [7, 11) is 0. The number of ether oxygens (including phenoxy) is 8. The van der Waals surface area contributed by atoms with Gasteiger partial charge in [-0.05, 0) is 124 Å². The van der Waals surface area contributed by atoms with E-state index in [1.165, 1.54) is 0 Å². The molecule has 4 saturated heterocycles. The topological polar surface area (TPSA) is 357 Å². The van der Waals surface area contributed by atoms with Gasteiger partial charge in [-0.2, -0.15) is 0 Å². The summed E-state index contributed by atoms with van der Waals surface area (Å²) in [6, 6.07) is 0. The van der Waals surface area contributed by atoms with Crippen LogP contribution in [0.15, 0.2) is 11.6 Å². The molecule has 0 amide bonds. The van der Waals surface area contributed by atoms with Gasteiger partial charge in [-0.15, -0.1) is 0 Å². The molecule has 75 heavy (non-hydrogen) atoms. The molecule has 0 aromatic heterocycles. The van der Waals surface area contributed by atoms with Crippen LogP contribution in [0.4, 0.5) is 0 Å². The molecule has 8 fully saturated rings. The van der Waals surface area contributed by atoms with E-state index in [4.69, 9.17) is 37.9 Å². The molecule has 0 aromatic carbocycles. The molecule has 8 aliphatic rings. The van der Waals surface area contributed by atoms with Gasteiger partial charge in [-0.3, -0.25) is 0 Å². The van der Waals surface area contributed by atoms with Crippen molar-refractivity contribution >= 4 is 0 Å². The van der Waals surface area contributed by atoms with E-state index in [9.17, 15) is 71.5 Å². The number of hydrogen-bond donors (Lipinski definition) is 14. The first-order valence-electron chi connectivity index (χ1n) is 27.3. The normalized spacial score (nSPS) is 52.6. The van der Waals surface area contributed by atoms with Crippen LogP contribution in [0.1, 0.15) is 113 Å². The van der Waals surface area contributed by atoms with Crippen molar-refractivity contribution in [3.63, 3.8) is 0 Å². The number of allylic oxidation sites excluding steroid dienone is 2. The van der Waals surface area contributed by atoms with Crippen LogP contribution in [0, 0.1) is 45.3 Å². The van der Waals surface area contributed by atoms with Crippen molar-refractivity contribution in [3.05, 3.63) is 11.6 Å². The lowest BCUT2D eigenvalue weighted by Crippen LogP contribution is -2.68. The zero-order valence-corrected chi connectivity index (χ0v) is 44.7. The van der Waals surface area contributed by atoms with Gasteiger partial charge in [0.25, 0.3) is 0 Å². The summed E-state index contributed by atoms with van der Waals surface area (Å²) in [6.07, 6.45) is -22.1. The maximum absolute atomic E-state index is 12.8. The summed E-state index contributed by atoms with van der Waals surface area (Å²) in [6.45, 7) is 14.9. The van der Waals surface area contributed by atoms with Crippen molar-refractivity contribution < 1.29 is 109 Å². The molecular formula is C53H90O22. The van der Waals surface area contributed by atoms with Crippen LogP contribution < -0.4 is 0 Å². The van der Waals surface area contributed by atoms with E-state index in [0.717, 1.165) is 24.8 Å². The van der Waals surface area contributed by atoms with E-state index in [1.807, 2.05) is 20.8 Å². The fraction of sp³-hybridized carbons (Fsp3) is 0.962. The Hall–Kier alpha value is -1.14. The second kappa shape index (κ2) is 22.7. The summed E-state index contributed by atoms with van der Waals surface area (Å²) in [5.74, 6) is -0.394. The van der Waals surface area contributed by atoms with E-state index in [1.54, 1.807) is 0 Å². The Labute approximate surface area is 439 Å². The van der Waals surface area contributed by atoms with Crippen LogP contribution in [0.2, 0.25) is 0 Å². The molecule has 0 spiro atoms. The minimum absolute atomic E-state index is 0.0508. The third-order valence-corrected chi connectivity index (χ3v) is 20.5. The second-order valence-electron chi connectivity index (χ2n) is 25.3. The minimum Gasteiger partial charge on any atom is -0.394 e. The monoisotopic (exact) mass is 1080 g/mol. The van der Waals surface area contributed by atoms with Gasteiger partial charge in [0.2, 0.25) is 0 Å². The summed E-state index contributed by atoms with van der Waals surface area (Å²) in [5.41, 5.74) is -1.47. The fourth-order valence-electron chi connectivity index (χ4n) is 16.1. The van der Waals surface area contributed by atoms with Gasteiger partial charge in [0.15, 0.2) is 25.2 Å². The zero-order chi connectivity index (χ0) is 55.1. The third-order valence-electron chi connectivity index (χ3n) is 20.5. The van der Waals surface area contributed by atoms with Crippen molar-refractivity contribution in [3.8, 4) is 0 Å². The highest BCUT2D eigenvalue weighted by atomic mass is 16.8. The Morgan fingerprint density at radius 3 is 1.69 bits per heavy atom. The maximum atomic E-state index is 12.8. The number of hydrogen-bond acceptors (Lipinski definition) is 22. The lowest BCUT2D eigenvalue weighted by molar-refractivity contribution is -0.378. The summed E-state index contributed by atoms with van der Waals surface area (Å²) in [5, 5.41) is 151. The predicted molar refractivity (Wildman–Crippen MR) is 260 cm³/mol.